The van der Waals surface area contributed by atoms with E-state index in [-0.39, 0.29) is 6.42 Å². The minimum Gasteiger partial charge on any atom is -0.481 e. The number of halogens is 1. The second-order valence-electron chi connectivity index (χ2n) is 2.21. The second kappa shape index (κ2) is 4.15. The highest BCUT2D eigenvalue weighted by Crippen LogP contribution is 2.21. The molecule has 66 valence electrons. The van der Waals surface area contributed by atoms with E-state index in [9.17, 15) is 4.79 Å². The number of aromatic nitrogens is 1. The maximum Gasteiger partial charge on any atom is 0.305 e. The van der Waals surface area contributed by atoms with Gasteiger partial charge in [-0.15, -0.1) is 11.3 Å². The molecule has 1 aromatic heterocycles. The van der Waals surface area contributed by atoms with Crippen LogP contribution in [0.3, 0.4) is 0 Å². The van der Waals surface area contributed by atoms with Crippen molar-refractivity contribution in [3.63, 3.8) is 0 Å². The van der Waals surface area contributed by atoms with Crippen LogP contribution in [0.25, 0.3) is 0 Å². The molecule has 0 aromatic carbocycles. The van der Waals surface area contributed by atoms with Gasteiger partial charge in [-0.3, -0.25) is 4.79 Å². The van der Waals surface area contributed by atoms with Crippen LogP contribution >= 0.6 is 33.9 Å². The van der Waals surface area contributed by atoms with Crippen LogP contribution in [0.15, 0.2) is 6.20 Å². The molecule has 1 atom stereocenters. The van der Waals surface area contributed by atoms with Gasteiger partial charge in [-0.05, 0) is 22.6 Å². The standard InChI is InChI=1S/C6H7IN2O2S/c7-4-2-9-6(12-4)3(8)1-5(10)11/h2-3H,1,8H2,(H,10,11)/t3-/m1/s1. The summed E-state index contributed by atoms with van der Waals surface area (Å²) in [4.78, 5) is 14.3. The summed E-state index contributed by atoms with van der Waals surface area (Å²) in [7, 11) is 0. The number of aliphatic carboxylic acids is 1. The molecule has 0 saturated heterocycles. The zero-order valence-corrected chi connectivity index (χ0v) is 9.00. The van der Waals surface area contributed by atoms with Gasteiger partial charge in [0.2, 0.25) is 0 Å². The number of hydrogen-bond donors (Lipinski definition) is 2. The summed E-state index contributed by atoms with van der Waals surface area (Å²) >= 11 is 3.55. The summed E-state index contributed by atoms with van der Waals surface area (Å²) in [5.74, 6) is -0.896. The Morgan fingerprint density at radius 2 is 2.58 bits per heavy atom. The molecular formula is C6H7IN2O2S. The number of thiazole rings is 1. The first-order valence-corrected chi connectivity index (χ1v) is 5.07. The third-order valence-electron chi connectivity index (χ3n) is 1.21. The van der Waals surface area contributed by atoms with E-state index >= 15 is 0 Å². The van der Waals surface area contributed by atoms with Crippen LogP contribution in [0.2, 0.25) is 0 Å². The van der Waals surface area contributed by atoms with E-state index in [4.69, 9.17) is 10.8 Å². The van der Waals surface area contributed by atoms with E-state index in [0.29, 0.717) is 5.01 Å². The molecule has 6 heteroatoms. The van der Waals surface area contributed by atoms with Gasteiger partial charge in [0.25, 0.3) is 0 Å². The second-order valence-corrected chi connectivity index (χ2v) is 5.16. The highest BCUT2D eigenvalue weighted by molar-refractivity contribution is 14.1. The van der Waals surface area contributed by atoms with Gasteiger partial charge < -0.3 is 10.8 Å². The first-order valence-electron chi connectivity index (χ1n) is 3.18. The SMILES string of the molecule is N[C@H](CC(=O)O)c1ncc(I)s1. The normalized spacial score (nSPS) is 12.8. The zero-order valence-electron chi connectivity index (χ0n) is 6.03. The van der Waals surface area contributed by atoms with E-state index in [1.807, 2.05) is 0 Å². The Kier molecular flexibility index (Phi) is 3.41. The molecule has 0 amide bonds. The number of hydrogen-bond acceptors (Lipinski definition) is 4. The monoisotopic (exact) mass is 298 g/mol. The molecule has 1 aromatic rings. The third-order valence-corrected chi connectivity index (χ3v) is 3.06. The fourth-order valence-electron chi connectivity index (χ4n) is 0.714. The van der Waals surface area contributed by atoms with Crippen molar-refractivity contribution in [2.75, 3.05) is 0 Å². The molecule has 1 heterocycles. The highest BCUT2D eigenvalue weighted by atomic mass is 127. The van der Waals surface area contributed by atoms with Crippen molar-refractivity contribution in [1.29, 1.82) is 0 Å². The molecule has 3 N–H and O–H groups in total. The number of carbonyl (C=O) groups is 1. The Bertz CT molecular complexity index is 289. The van der Waals surface area contributed by atoms with Gasteiger partial charge >= 0.3 is 5.97 Å². The molecule has 12 heavy (non-hydrogen) atoms. The molecule has 4 nitrogen and oxygen atoms in total. The van der Waals surface area contributed by atoms with Crippen molar-refractivity contribution < 1.29 is 9.90 Å². The Morgan fingerprint density at radius 1 is 1.92 bits per heavy atom. The van der Waals surface area contributed by atoms with Crippen LogP contribution in [-0.2, 0) is 4.79 Å². The van der Waals surface area contributed by atoms with Crippen molar-refractivity contribution >= 4 is 39.9 Å². The molecule has 0 unspecified atom stereocenters. The van der Waals surface area contributed by atoms with Crippen molar-refractivity contribution in [2.24, 2.45) is 5.73 Å². The predicted octanol–water partition coefficient (Wildman–Crippen LogP) is 1.22. The van der Waals surface area contributed by atoms with Crippen molar-refractivity contribution in [1.82, 2.24) is 4.98 Å². The first-order chi connectivity index (χ1) is 5.59. The average molecular weight is 298 g/mol. The fourth-order valence-corrected chi connectivity index (χ4v) is 2.18. The lowest BCUT2D eigenvalue weighted by Crippen LogP contribution is -2.14. The van der Waals surface area contributed by atoms with Gasteiger partial charge in [0, 0.05) is 0 Å². The molecule has 0 aliphatic heterocycles. The molecular weight excluding hydrogens is 291 g/mol. The summed E-state index contributed by atoms with van der Waals surface area (Å²) in [5.41, 5.74) is 5.57. The van der Waals surface area contributed by atoms with E-state index in [2.05, 4.69) is 27.6 Å². The molecule has 0 aliphatic carbocycles. The Balaban J connectivity index is 2.64. The Morgan fingerprint density at radius 3 is 3.00 bits per heavy atom. The third kappa shape index (κ3) is 2.68. The molecule has 0 saturated carbocycles. The summed E-state index contributed by atoms with van der Waals surface area (Å²) in [6.45, 7) is 0. The minimum absolute atomic E-state index is 0.0659. The van der Waals surface area contributed by atoms with Crippen LogP contribution in [0.5, 0.6) is 0 Å². The van der Waals surface area contributed by atoms with Gasteiger partial charge in [-0.2, -0.15) is 0 Å². The number of nitrogens with two attached hydrogens (primary N) is 1. The number of carboxylic acid groups (broad SMARTS) is 1. The van der Waals surface area contributed by atoms with Gasteiger partial charge in [0.05, 0.1) is 21.5 Å². The van der Waals surface area contributed by atoms with E-state index < -0.39 is 12.0 Å². The Labute approximate surface area is 86.9 Å². The van der Waals surface area contributed by atoms with Crippen LogP contribution < -0.4 is 5.73 Å². The fraction of sp³-hybridized carbons (Fsp3) is 0.333. The van der Waals surface area contributed by atoms with Crippen LogP contribution in [0, 0.1) is 2.88 Å². The molecule has 0 spiro atoms. The Hall–Kier alpha value is -0.210. The topological polar surface area (TPSA) is 76.2 Å². The van der Waals surface area contributed by atoms with Crippen LogP contribution in [-0.4, -0.2) is 16.1 Å². The van der Waals surface area contributed by atoms with Gasteiger partial charge in [0.1, 0.15) is 5.01 Å². The molecule has 1 rings (SSSR count). The number of rotatable bonds is 3. The lowest BCUT2D eigenvalue weighted by molar-refractivity contribution is -0.137. The van der Waals surface area contributed by atoms with Crippen molar-refractivity contribution in [3.8, 4) is 0 Å². The van der Waals surface area contributed by atoms with Crippen molar-refractivity contribution in [3.05, 3.63) is 14.1 Å². The summed E-state index contributed by atoms with van der Waals surface area (Å²) in [6, 6.07) is -0.476. The smallest absolute Gasteiger partial charge is 0.305 e. The van der Waals surface area contributed by atoms with Crippen LogP contribution in [0.1, 0.15) is 17.5 Å². The molecule has 0 bridgehead atoms. The first kappa shape index (κ1) is 9.87. The highest BCUT2D eigenvalue weighted by Gasteiger charge is 2.13. The van der Waals surface area contributed by atoms with Gasteiger partial charge in [-0.1, -0.05) is 0 Å². The van der Waals surface area contributed by atoms with Crippen molar-refractivity contribution in [2.45, 2.75) is 12.5 Å². The zero-order chi connectivity index (χ0) is 9.14. The maximum atomic E-state index is 10.3. The van der Waals surface area contributed by atoms with E-state index in [0.717, 1.165) is 2.88 Å². The number of nitrogens with zero attached hydrogens (tertiary/aromatic N) is 1. The van der Waals surface area contributed by atoms with E-state index in [1.165, 1.54) is 11.3 Å². The largest absolute Gasteiger partial charge is 0.481 e. The summed E-state index contributed by atoms with van der Waals surface area (Å²) in [6.07, 6.45) is 1.62. The molecule has 0 aliphatic rings. The average Bonchev–Trinajstić information content (AvgIpc) is 2.34. The minimum atomic E-state index is -0.896. The quantitative estimate of drug-likeness (QED) is 0.823. The van der Waals surface area contributed by atoms with E-state index in [1.54, 1.807) is 6.20 Å². The molecule has 0 fully saturated rings. The van der Waals surface area contributed by atoms with Gasteiger partial charge in [-0.25, -0.2) is 4.98 Å². The summed E-state index contributed by atoms with van der Waals surface area (Å²) in [5, 5.41) is 9.13. The predicted molar refractivity (Wildman–Crippen MR) is 54.0 cm³/mol. The van der Waals surface area contributed by atoms with Gasteiger partial charge in [0.15, 0.2) is 0 Å². The maximum absolute atomic E-state index is 10.3. The summed E-state index contributed by atoms with van der Waals surface area (Å²) < 4.78 is 1.02. The lowest BCUT2D eigenvalue weighted by atomic mass is 10.2. The number of carboxylic acids is 1. The molecule has 0 radical (unpaired) electrons. The van der Waals surface area contributed by atoms with Crippen LogP contribution in [0.4, 0.5) is 0 Å². The lowest BCUT2D eigenvalue weighted by Gasteiger charge is -2.02.